The molecule has 1 aromatic rings. The summed E-state index contributed by atoms with van der Waals surface area (Å²) in [5, 5.41) is 3.35. The van der Waals surface area contributed by atoms with Crippen molar-refractivity contribution in [2.24, 2.45) is 0 Å². The van der Waals surface area contributed by atoms with Gasteiger partial charge in [0.25, 0.3) is 0 Å². The fourth-order valence-corrected chi connectivity index (χ4v) is 3.11. The van der Waals surface area contributed by atoms with E-state index >= 15 is 0 Å². The maximum absolute atomic E-state index is 12.6. The Kier molecular flexibility index (Phi) is 4.04. The zero-order valence-corrected chi connectivity index (χ0v) is 11.8. The van der Waals surface area contributed by atoms with E-state index in [2.05, 4.69) is 22.3 Å². The predicted molar refractivity (Wildman–Crippen MR) is 75.9 cm³/mol. The summed E-state index contributed by atoms with van der Waals surface area (Å²) < 4.78 is 37.9. The number of halogens is 3. The number of fused-ring (bicyclic) bond motifs is 1. The van der Waals surface area contributed by atoms with Crippen molar-refractivity contribution in [1.29, 1.82) is 0 Å². The Morgan fingerprint density at radius 2 is 2.05 bits per heavy atom. The van der Waals surface area contributed by atoms with Crippen LogP contribution in [0.1, 0.15) is 23.1 Å². The van der Waals surface area contributed by atoms with Crippen LogP contribution in [0.4, 0.5) is 13.2 Å². The van der Waals surface area contributed by atoms with E-state index in [1.807, 2.05) is 6.07 Å². The van der Waals surface area contributed by atoms with Gasteiger partial charge in [-0.2, -0.15) is 13.2 Å². The Labute approximate surface area is 122 Å². The van der Waals surface area contributed by atoms with Gasteiger partial charge in [-0.25, -0.2) is 0 Å². The van der Waals surface area contributed by atoms with Gasteiger partial charge >= 0.3 is 6.18 Å². The highest BCUT2D eigenvalue weighted by molar-refractivity contribution is 5.37. The molecule has 0 radical (unpaired) electrons. The monoisotopic (exact) mass is 296 g/mol. The molecular weight excluding hydrogens is 277 g/mol. The van der Waals surface area contributed by atoms with Crippen LogP contribution in [0.2, 0.25) is 0 Å². The number of nitrogens with one attached hydrogen (secondary N) is 1. The van der Waals surface area contributed by atoms with Crippen molar-refractivity contribution in [2.45, 2.75) is 32.1 Å². The molecule has 2 aliphatic rings. The smallest absolute Gasteiger partial charge is 0.312 e. The zero-order chi connectivity index (χ0) is 14.9. The van der Waals surface area contributed by atoms with Gasteiger partial charge in [0, 0.05) is 31.8 Å². The van der Waals surface area contributed by atoms with Crippen LogP contribution in [0.3, 0.4) is 0 Å². The van der Waals surface area contributed by atoms with Gasteiger partial charge in [-0.1, -0.05) is 24.3 Å². The van der Waals surface area contributed by atoms with Crippen LogP contribution in [0.15, 0.2) is 29.8 Å². The molecule has 0 unspecified atom stereocenters. The van der Waals surface area contributed by atoms with Crippen molar-refractivity contribution in [3.8, 4) is 0 Å². The third kappa shape index (κ3) is 3.30. The Hall–Kier alpha value is -1.33. The summed E-state index contributed by atoms with van der Waals surface area (Å²) >= 11 is 0. The number of hydrogen-bond acceptors (Lipinski definition) is 2. The van der Waals surface area contributed by atoms with Gasteiger partial charge in [0.1, 0.15) is 0 Å². The molecule has 0 aliphatic carbocycles. The summed E-state index contributed by atoms with van der Waals surface area (Å²) in [7, 11) is 0. The van der Waals surface area contributed by atoms with Gasteiger partial charge < -0.3 is 5.32 Å². The Bertz CT molecular complexity index is 549. The molecule has 0 spiro atoms. The first kappa shape index (κ1) is 14.6. The third-order valence-electron chi connectivity index (χ3n) is 4.29. The van der Waals surface area contributed by atoms with E-state index in [1.165, 1.54) is 22.8 Å². The summed E-state index contributed by atoms with van der Waals surface area (Å²) in [4.78, 5) is 2.09. The largest absolute Gasteiger partial charge is 0.412 e. The van der Waals surface area contributed by atoms with E-state index in [4.69, 9.17) is 0 Å². The number of nitrogens with zero attached hydrogens (tertiary/aromatic N) is 1. The topological polar surface area (TPSA) is 15.3 Å². The molecule has 5 heteroatoms. The van der Waals surface area contributed by atoms with Gasteiger partial charge in [-0.05, 0) is 36.1 Å². The summed E-state index contributed by atoms with van der Waals surface area (Å²) in [6.45, 7) is 3.47. The molecule has 0 atom stereocenters. The van der Waals surface area contributed by atoms with E-state index in [1.54, 1.807) is 0 Å². The zero-order valence-electron chi connectivity index (χ0n) is 11.8. The van der Waals surface area contributed by atoms with E-state index in [0.29, 0.717) is 13.1 Å². The van der Waals surface area contributed by atoms with Crippen LogP contribution in [0.5, 0.6) is 0 Å². The summed E-state index contributed by atoms with van der Waals surface area (Å²) in [6, 6.07) is 6.28. The Morgan fingerprint density at radius 1 is 1.19 bits per heavy atom. The lowest BCUT2D eigenvalue weighted by atomic mass is 9.95. The van der Waals surface area contributed by atoms with Crippen LogP contribution in [0.25, 0.3) is 0 Å². The standard InChI is InChI=1S/C16H19F3N2/c17-16(18,19)14-5-8-21(9-6-14)11-13-3-1-2-12-10-20-7-4-15(12)13/h1-3,5,20H,4,6-11H2. The van der Waals surface area contributed by atoms with Gasteiger partial charge in [0.15, 0.2) is 0 Å². The molecule has 1 N–H and O–H groups in total. The molecule has 0 saturated carbocycles. The molecule has 0 bridgehead atoms. The summed E-state index contributed by atoms with van der Waals surface area (Å²) in [6.07, 6.45) is -1.73. The first-order valence-corrected chi connectivity index (χ1v) is 7.33. The first-order chi connectivity index (χ1) is 10.0. The van der Waals surface area contributed by atoms with Crippen LogP contribution < -0.4 is 5.32 Å². The van der Waals surface area contributed by atoms with E-state index < -0.39 is 6.18 Å². The maximum Gasteiger partial charge on any atom is 0.412 e. The molecule has 0 amide bonds. The summed E-state index contributed by atoms with van der Waals surface area (Å²) in [5.41, 5.74) is 3.58. The lowest BCUT2D eigenvalue weighted by molar-refractivity contribution is -0.0960. The number of hydrogen-bond donors (Lipinski definition) is 1. The van der Waals surface area contributed by atoms with E-state index in [-0.39, 0.29) is 12.0 Å². The molecule has 0 fully saturated rings. The highest BCUT2D eigenvalue weighted by Crippen LogP contribution is 2.30. The quantitative estimate of drug-likeness (QED) is 0.844. The average molecular weight is 296 g/mol. The molecule has 0 aromatic heterocycles. The molecule has 2 aliphatic heterocycles. The van der Waals surface area contributed by atoms with Crippen LogP contribution >= 0.6 is 0 Å². The first-order valence-electron chi connectivity index (χ1n) is 7.33. The van der Waals surface area contributed by atoms with E-state index in [9.17, 15) is 13.2 Å². The van der Waals surface area contributed by atoms with Crippen molar-refractivity contribution in [1.82, 2.24) is 10.2 Å². The van der Waals surface area contributed by atoms with Crippen molar-refractivity contribution >= 4 is 0 Å². The lowest BCUT2D eigenvalue weighted by Gasteiger charge is -2.29. The van der Waals surface area contributed by atoms with Crippen molar-refractivity contribution in [2.75, 3.05) is 19.6 Å². The van der Waals surface area contributed by atoms with Gasteiger partial charge in [0.05, 0.1) is 0 Å². The number of alkyl halides is 3. The molecular formula is C16H19F3N2. The minimum Gasteiger partial charge on any atom is -0.312 e. The van der Waals surface area contributed by atoms with Crippen molar-refractivity contribution in [3.63, 3.8) is 0 Å². The van der Waals surface area contributed by atoms with Crippen molar-refractivity contribution < 1.29 is 13.2 Å². The van der Waals surface area contributed by atoms with Gasteiger partial charge in [0.2, 0.25) is 0 Å². The Balaban J connectivity index is 1.70. The second-order valence-corrected chi connectivity index (χ2v) is 5.69. The molecule has 21 heavy (non-hydrogen) atoms. The third-order valence-corrected chi connectivity index (χ3v) is 4.29. The second kappa shape index (κ2) is 5.81. The fraction of sp³-hybridized carbons (Fsp3) is 0.500. The fourth-order valence-electron chi connectivity index (χ4n) is 3.11. The minimum atomic E-state index is -4.16. The van der Waals surface area contributed by atoms with Crippen LogP contribution in [-0.2, 0) is 19.5 Å². The normalized spacial score (nSPS) is 20.0. The highest BCUT2D eigenvalue weighted by Gasteiger charge is 2.34. The van der Waals surface area contributed by atoms with Crippen LogP contribution in [-0.4, -0.2) is 30.7 Å². The number of rotatable bonds is 2. The number of benzene rings is 1. The SMILES string of the molecule is FC(F)(F)C1=CCN(Cc2cccc3c2CCNC3)CC1. The molecule has 2 nitrogen and oxygen atoms in total. The maximum atomic E-state index is 12.6. The Morgan fingerprint density at radius 3 is 2.76 bits per heavy atom. The van der Waals surface area contributed by atoms with Crippen LogP contribution in [0, 0.1) is 0 Å². The molecule has 2 heterocycles. The molecule has 1 aromatic carbocycles. The predicted octanol–water partition coefficient (Wildman–Crippen LogP) is 3.03. The van der Waals surface area contributed by atoms with E-state index in [0.717, 1.165) is 26.1 Å². The molecule has 0 saturated heterocycles. The average Bonchev–Trinajstić information content (AvgIpc) is 2.47. The van der Waals surface area contributed by atoms with Crippen molar-refractivity contribution in [3.05, 3.63) is 46.5 Å². The minimum absolute atomic E-state index is 0.0973. The second-order valence-electron chi connectivity index (χ2n) is 5.69. The molecule has 114 valence electrons. The molecule has 3 rings (SSSR count). The van der Waals surface area contributed by atoms with Gasteiger partial charge in [-0.3, -0.25) is 4.90 Å². The lowest BCUT2D eigenvalue weighted by Crippen LogP contribution is -2.32. The van der Waals surface area contributed by atoms with Gasteiger partial charge in [-0.15, -0.1) is 0 Å². The summed E-state index contributed by atoms with van der Waals surface area (Å²) in [5.74, 6) is 0. The highest BCUT2D eigenvalue weighted by atomic mass is 19.4.